The van der Waals surface area contributed by atoms with Crippen LogP contribution in [0.4, 0.5) is 5.69 Å². The molecule has 28 heavy (non-hydrogen) atoms. The molecule has 0 bridgehead atoms. The van der Waals surface area contributed by atoms with Gasteiger partial charge in [-0.15, -0.1) is 12.4 Å². The Balaban J connectivity index is 0.00000280. The number of nitrogens with one attached hydrogen (secondary N) is 1. The van der Waals surface area contributed by atoms with Crippen molar-refractivity contribution in [1.29, 1.82) is 0 Å². The SMILES string of the molecule is CC(=O)Nc1ccc(S(=O)(=O)N(C)Cc2nc(C3(N)CCCC3)no2)cc1.Cl. The summed E-state index contributed by atoms with van der Waals surface area (Å²) in [6.45, 7) is 1.33. The molecule has 1 amide bonds. The summed E-state index contributed by atoms with van der Waals surface area (Å²) < 4.78 is 31.8. The van der Waals surface area contributed by atoms with Crippen molar-refractivity contribution in [2.45, 2.75) is 49.6 Å². The fraction of sp³-hybridized carbons (Fsp3) is 0.471. The van der Waals surface area contributed by atoms with E-state index >= 15 is 0 Å². The number of carbonyl (C=O) groups is 1. The highest BCUT2D eigenvalue weighted by molar-refractivity contribution is 7.89. The summed E-state index contributed by atoms with van der Waals surface area (Å²) in [5.41, 5.74) is 6.24. The smallest absolute Gasteiger partial charge is 0.243 e. The molecule has 1 aliphatic rings. The molecule has 1 saturated carbocycles. The van der Waals surface area contributed by atoms with Crippen LogP contribution in [0.2, 0.25) is 0 Å². The van der Waals surface area contributed by atoms with E-state index in [0.717, 1.165) is 30.0 Å². The van der Waals surface area contributed by atoms with Crippen molar-refractivity contribution in [3.8, 4) is 0 Å². The molecule has 0 radical (unpaired) electrons. The Morgan fingerprint density at radius 2 is 1.89 bits per heavy atom. The first-order valence-corrected chi connectivity index (χ1v) is 10.1. The summed E-state index contributed by atoms with van der Waals surface area (Å²) >= 11 is 0. The van der Waals surface area contributed by atoms with Crippen LogP contribution in [0.1, 0.15) is 44.3 Å². The summed E-state index contributed by atoms with van der Waals surface area (Å²) in [6.07, 6.45) is 3.62. The molecule has 1 fully saturated rings. The highest BCUT2D eigenvalue weighted by Crippen LogP contribution is 2.34. The molecular formula is C17H24ClN5O4S. The molecule has 0 atom stereocenters. The molecule has 0 unspecified atom stereocenters. The Morgan fingerprint density at radius 3 is 2.46 bits per heavy atom. The van der Waals surface area contributed by atoms with E-state index in [4.69, 9.17) is 10.3 Å². The van der Waals surface area contributed by atoms with Crippen molar-refractivity contribution < 1.29 is 17.7 Å². The number of anilines is 1. The quantitative estimate of drug-likeness (QED) is 0.717. The zero-order valence-corrected chi connectivity index (χ0v) is 17.3. The van der Waals surface area contributed by atoms with Gasteiger partial charge in [-0.1, -0.05) is 18.0 Å². The van der Waals surface area contributed by atoms with Gasteiger partial charge in [0.25, 0.3) is 0 Å². The van der Waals surface area contributed by atoms with Crippen molar-refractivity contribution in [1.82, 2.24) is 14.4 Å². The summed E-state index contributed by atoms with van der Waals surface area (Å²) in [5.74, 6) is 0.401. The van der Waals surface area contributed by atoms with Gasteiger partial charge in [0, 0.05) is 19.7 Å². The first-order chi connectivity index (χ1) is 12.7. The molecular weight excluding hydrogens is 406 g/mol. The molecule has 2 aromatic rings. The topological polar surface area (TPSA) is 131 Å². The summed E-state index contributed by atoms with van der Waals surface area (Å²) in [4.78, 5) is 15.5. The van der Waals surface area contributed by atoms with Gasteiger partial charge in [0.1, 0.15) is 0 Å². The van der Waals surface area contributed by atoms with Crippen molar-refractivity contribution in [3.05, 3.63) is 36.0 Å². The second-order valence-corrected chi connectivity index (χ2v) is 8.89. The molecule has 0 saturated heterocycles. The largest absolute Gasteiger partial charge is 0.338 e. The second kappa shape index (κ2) is 8.56. The Bertz CT molecular complexity index is 923. The fourth-order valence-corrected chi connectivity index (χ4v) is 4.24. The van der Waals surface area contributed by atoms with Gasteiger partial charge in [-0.25, -0.2) is 8.42 Å². The van der Waals surface area contributed by atoms with Crippen LogP contribution in [0, 0.1) is 0 Å². The number of amides is 1. The first-order valence-electron chi connectivity index (χ1n) is 8.67. The van der Waals surface area contributed by atoms with Crippen LogP contribution in [-0.2, 0) is 26.9 Å². The van der Waals surface area contributed by atoms with Crippen LogP contribution in [0.5, 0.6) is 0 Å². The number of aromatic nitrogens is 2. The summed E-state index contributed by atoms with van der Waals surface area (Å²) in [7, 11) is -2.31. The molecule has 1 aromatic carbocycles. The van der Waals surface area contributed by atoms with Crippen molar-refractivity contribution in [2.75, 3.05) is 12.4 Å². The number of rotatable bonds is 6. The number of hydrogen-bond donors (Lipinski definition) is 2. The maximum Gasteiger partial charge on any atom is 0.243 e. The minimum atomic E-state index is -3.75. The lowest BCUT2D eigenvalue weighted by molar-refractivity contribution is -0.114. The lowest BCUT2D eigenvalue weighted by atomic mass is 9.99. The van der Waals surface area contributed by atoms with E-state index in [1.807, 2.05) is 0 Å². The van der Waals surface area contributed by atoms with Gasteiger partial charge in [0.15, 0.2) is 5.82 Å². The van der Waals surface area contributed by atoms with Gasteiger partial charge in [0.05, 0.1) is 17.0 Å². The standard InChI is InChI=1S/C17H23N5O4S.ClH/c1-12(23)19-13-5-7-14(8-6-13)27(24,25)22(2)11-15-20-16(21-26-15)17(18)9-3-4-10-17;/h5-8H,3-4,9-11,18H2,1-2H3,(H,19,23);1H. The number of carbonyl (C=O) groups excluding carboxylic acids is 1. The number of halogens is 1. The van der Waals surface area contributed by atoms with Crippen LogP contribution >= 0.6 is 12.4 Å². The summed E-state index contributed by atoms with van der Waals surface area (Å²) in [5, 5.41) is 6.54. The fourth-order valence-electron chi connectivity index (χ4n) is 3.12. The Morgan fingerprint density at radius 1 is 1.29 bits per heavy atom. The summed E-state index contributed by atoms with van der Waals surface area (Å²) in [6, 6.07) is 5.93. The zero-order valence-electron chi connectivity index (χ0n) is 15.7. The monoisotopic (exact) mass is 429 g/mol. The van der Waals surface area contributed by atoms with Gasteiger partial charge in [-0.3, -0.25) is 4.79 Å². The average Bonchev–Trinajstić information content (AvgIpc) is 3.25. The van der Waals surface area contributed by atoms with Gasteiger partial charge < -0.3 is 15.6 Å². The van der Waals surface area contributed by atoms with Gasteiger partial charge in [-0.05, 0) is 37.1 Å². The zero-order chi connectivity index (χ0) is 19.7. The van der Waals surface area contributed by atoms with E-state index in [1.165, 1.54) is 38.2 Å². The van der Waals surface area contributed by atoms with Crippen LogP contribution in [0.3, 0.4) is 0 Å². The van der Waals surface area contributed by atoms with E-state index in [0.29, 0.717) is 11.5 Å². The van der Waals surface area contributed by atoms with Gasteiger partial charge in [-0.2, -0.15) is 9.29 Å². The lowest BCUT2D eigenvalue weighted by Gasteiger charge is -2.18. The number of benzene rings is 1. The van der Waals surface area contributed by atoms with Crippen molar-refractivity contribution >= 4 is 34.0 Å². The highest BCUT2D eigenvalue weighted by atomic mass is 35.5. The molecule has 9 nitrogen and oxygen atoms in total. The predicted molar refractivity (Wildman–Crippen MR) is 105 cm³/mol. The number of nitrogens with zero attached hydrogens (tertiary/aromatic N) is 3. The van der Waals surface area contributed by atoms with Crippen molar-refractivity contribution in [3.63, 3.8) is 0 Å². The minimum Gasteiger partial charge on any atom is -0.338 e. The maximum atomic E-state index is 12.7. The highest BCUT2D eigenvalue weighted by Gasteiger charge is 2.36. The third-order valence-electron chi connectivity index (χ3n) is 4.65. The third kappa shape index (κ3) is 4.69. The Labute approximate surface area is 170 Å². The first kappa shape index (κ1) is 22.3. The molecule has 3 rings (SSSR count). The van der Waals surface area contributed by atoms with E-state index < -0.39 is 15.6 Å². The van der Waals surface area contributed by atoms with Crippen LogP contribution in [0.15, 0.2) is 33.7 Å². The van der Waals surface area contributed by atoms with E-state index in [2.05, 4.69) is 15.5 Å². The molecule has 11 heteroatoms. The molecule has 154 valence electrons. The molecule has 3 N–H and O–H groups in total. The predicted octanol–water partition coefficient (Wildman–Crippen LogP) is 2.00. The van der Waals surface area contributed by atoms with E-state index in [9.17, 15) is 13.2 Å². The molecule has 1 aromatic heterocycles. The number of nitrogens with two attached hydrogens (primary N) is 1. The molecule has 0 spiro atoms. The molecule has 1 aliphatic carbocycles. The minimum absolute atomic E-state index is 0. The Kier molecular flexibility index (Phi) is 6.81. The third-order valence-corrected chi connectivity index (χ3v) is 6.47. The average molecular weight is 430 g/mol. The number of sulfonamides is 1. The van der Waals surface area contributed by atoms with Gasteiger partial charge in [0.2, 0.25) is 21.8 Å². The van der Waals surface area contributed by atoms with Crippen LogP contribution in [-0.4, -0.2) is 35.8 Å². The molecule has 1 heterocycles. The van der Waals surface area contributed by atoms with Crippen LogP contribution < -0.4 is 11.1 Å². The Hall–Kier alpha value is -2.01. The number of hydrogen-bond acceptors (Lipinski definition) is 7. The van der Waals surface area contributed by atoms with Crippen LogP contribution in [0.25, 0.3) is 0 Å². The van der Waals surface area contributed by atoms with Crippen molar-refractivity contribution in [2.24, 2.45) is 5.73 Å². The van der Waals surface area contributed by atoms with E-state index in [1.54, 1.807) is 0 Å². The van der Waals surface area contributed by atoms with E-state index in [-0.39, 0.29) is 35.6 Å². The van der Waals surface area contributed by atoms with Gasteiger partial charge >= 0.3 is 0 Å². The molecule has 0 aliphatic heterocycles. The maximum absolute atomic E-state index is 12.7. The second-order valence-electron chi connectivity index (χ2n) is 6.84. The lowest BCUT2D eigenvalue weighted by Crippen LogP contribution is -2.34. The normalized spacial score (nSPS) is 16.0.